The van der Waals surface area contributed by atoms with E-state index in [0.717, 1.165) is 11.3 Å². The number of hydrogen-bond donors (Lipinski definition) is 0. The van der Waals surface area contributed by atoms with E-state index in [1.165, 1.54) is 0 Å². The third-order valence-electron chi connectivity index (χ3n) is 4.74. The predicted molar refractivity (Wildman–Crippen MR) is 99.2 cm³/mol. The Labute approximate surface area is 151 Å². The van der Waals surface area contributed by atoms with Gasteiger partial charge in [-0.3, -0.25) is 9.80 Å². The molecule has 0 saturated carbocycles. The fourth-order valence-corrected chi connectivity index (χ4v) is 5.81. The monoisotopic (exact) mass is 376 g/mol. The quantitative estimate of drug-likeness (QED) is 0.756. The van der Waals surface area contributed by atoms with Crippen LogP contribution >= 0.6 is 11.6 Å². The number of urea groups is 1. The highest BCUT2D eigenvalue weighted by Gasteiger charge is 2.54. The number of rotatable bonds is 2. The molecule has 2 atom stereocenters. The van der Waals surface area contributed by atoms with E-state index < -0.39 is 21.9 Å². The van der Waals surface area contributed by atoms with Crippen molar-refractivity contribution in [2.45, 2.75) is 19.0 Å². The smallest absolute Gasteiger partial charge is 0.288 e. The Morgan fingerprint density at radius 2 is 1.52 bits per heavy atom. The second kappa shape index (κ2) is 5.75. The summed E-state index contributed by atoms with van der Waals surface area (Å²) >= 11 is 6.07. The first-order valence-corrected chi connectivity index (χ1v) is 10.2. The molecule has 0 aliphatic carbocycles. The summed E-state index contributed by atoms with van der Waals surface area (Å²) in [6.07, 6.45) is 0. The third-order valence-corrected chi connectivity index (χ3v) is 6.67. The molecular formula is C18H17ClN2O3S. The highest BCUT2D eigenvalue weighted by atomic mass is 35.5. The Bertz CT molecular complexity index is 891. The molecule has 130 valence electrons. The van der Waals surface area contributed by atoms with Gasteiger partial charge in [0.15, 0.2) is 9.84 Å². The average Bonchev–Trinajstić information content (AvgIpc) is 2.95. The van der Waals surface area contributed by atoms with Gasteiger partial charge in [-0.05, 0) is 42.8 Å². The average molecular weight is 377 g/mol. The first-order valence-electron chi connectivity index (χ1n) is 8.01. The number of carbonyl (C=O) groups excluding carboxylic acids is 1. The molecule has 2 fully saturated rings. The molecule has 7 heteroatoms. The zero-order valence-corrected chi connectivity index (χ0v) is 15.2. The van der Waals surface area contributed by atoms with Crippen LogP contribution in [0.5, 0.6) is 0 Å². The Balaban J connectivity index is 1.83. The van der Waals surface area contributed by atoms with Gasteiger partial charge in [-0.25, -0.2) is 13.2 Å². The lowest BCUT2D eigenvalue weighted by molar-refractivity contribution is 0.255. The van der Waals surface area contributed by atoms with Crippen LogP contribution in [0.15, 0.2) is 48.5 Å². The molecule has 2 heterocycles. The number of hydrogen-bond acceptors (Lipinski definition) is 3. The minimum Gasteiger partial charge on any atom is -0.288 e. The van der Waals surface area contributed by atoms with Crippen molar-refractivity contribution < 1.29 is 13.2 Å². The van der Waals surface area contributed by atoms with Gasteiger partial charge >= 0.3 is 6.03 Å². The van der Waals surface area contributed by atoms with E-state index in [0.29, 0.717) is 10.7 Å². The van der Waals surface area contributed by atoms with Gasteiger partial charge < -0.3 is 0 Å². The molecule has 2 aromatic rings. The van der Waals surface area contributed by atoms with Crippen LogP contribution in [0.3, 0.4) is 0 Å². The Hall–Kier alpha value is -2.05. The zero-order valence-electron chi connectivity index (χ0n) is 13.6. The molecule has 0 unspecified atom stereocenters. The maximum absolute atomic E-state index is 13.2. The normalized spacial score (nSPS) is 24.6. The van der Waals surface area contributed by atoms with Crippen LogP contribution < -0.4 is 9.80 Å². The van der Waals surface area contributed by atoms with Crippen molar-refractivity contribution in [3.8, 4) is 0 Å². The van der Waals surface area contributed by atoms with Gasteiger partial charge in [0, 0.05) is 16.4 Å². The number of aryl methyl sites for hydroxylation is 1. The zero-order chi connectivity index (χ0) is 17.8. The summed E-state index contributed by atoms with van der Waals surface area (Å²) in [5.74, 6) is -0.0490. The van der Waals surface area contributed by atoms with E-state index in [2.05, 4.69) is 0 Å². The highest BCUT2D eigenvalue weighted by molar-refractivity contribution is 7.91. The number of amides is 2. The van der Waals surface area contributed by atoms with Crippen molar-refractivity contribution in [3.63, 3.8) is 0 Å². The molecule has 0 aromatic heterocycles. The molecule has 2 amide bonds. The van der Waals surface area contributed by atoms with Gasteiger partial charge in [-0.15, -0.1) is 0 Å². The Kier molecular flexibility index (Phi) is 3.77. The van der Waals surface area contributed by atoms with E-state index >= 15 is 0 Å². The molecule has 2 aliphatic heterocycles. The molecule has 2 saturated heterocycles. The molecule has 0 spiro atoms. The Morgan fingerprint density at radius 1 is 0.960 bits per heavy atom. The van der Waals surface area contributed by atoms with Gasteiger partial charge in [-0.2, -0.15) is 0 Å². The third kappa shape index (κ3) is 2.79. The van der Waals surface area contributed by atoms with E-state index in [1.54, 1.807) is 34.1 Å². The van der Waals surface area contributed by atoms with Gasteiger partial charge in [0.1, 0.15) is 0 Å². The maximum atomic E-state index is 13.2. The van der Waals surface area contributed by atoms with Crippen LogP contribution in [0.4, 0.5) is 16.2 Å². The number of nitrogens with zero attached hydrogens (tertiary/aromatic N) is 2. The first kappa shape index (κ1) is 16.4. The van der Waals surface area contributed by atoms with E-state index in [1.807, 2.05) is 31.2 Å². The molecule has 0 bridgehead atoms. The molecule has 2 aliphatic rings. The largest absolute Gasteiger partial charge is 0.329 e. The summed E-state index contributed by atoms with van der Waals surface area (Å²) < 4.78 is 24.5. The SMILES string of the molecule is Cc1cccc(N2C(=O)N(c3cccc(Cl)c3)[C@@H]3CS(=O)(=O)C[C@H]32)c1. The number of fused-ring (bicyclic) bond motifs is 1. The highest BCUT2D eigenvalue weighted by Crippen LogP contribution is 2.38. The minimum absolute atomic E-state index is 0.0194. The van der Waals surface area contributed by atoms with Gasteiger partial charge in [0.05, 0.1) is 23.6 Å². The van der Waals surface area contributed by atoms with Crippen molar-refractivity contribution in [1.29, 1.82) is 0 Å². The second-order valence-electron chi connectivity index (χ2n) is 6.55. The fraction of sp³-hybridized carbons (Fsp3) is 0.278. The first-order chi connectivity index (χ1) is 11.9. The van der Waals surface area contributed by atoms with Crippen LogP contribution in [0.25, 0.3) is 0 Å². The van der Waals surface area contributed by atoms with E-state index in [4.69, 9.17) is 11.6 Å². The minimum atomic E-state index is -3.20. The van der Waals surface area contributed by atoms with Crippen molar-refractivity contribution >= 4 is 38.8 Å². The molecular weight excluding hydrogens is 360 g/mol. The number of benzene rings is 2. The fourth-order valence-electron chi connectivity index (χ4n) is 3.71. The molecule has 4 rings (SSSR count). The summed E-state index contributed by atoms with van der Waals surface area (Å²) in [4.78, 5) is 16.4. The number of carbonyl (C=O) groups is 1. The predicted octanol–water partition coefficient (Wildman–Crippen LogP) is 3.26. The van der Waals surface area contributed by atoms with E-state index in [-0.39, 0.29) is 17.5 Å². The van der Waals surface area contributed by atoms with Crippen molar-refractivity contribution in [1.82, 2.24) is 0 Å². The topological polar surface area (TPSA) is 57.7 Å². The standard InChI is InChI=1S/C18H17ClN2O3S/c1-12-4-2-6-14(8-12)20-16-10-25(23,24)11-17(16)21(18(20)22)15-7-3-5-13(19)9-15/h2-9,16-17H,10-11H2,1H3/t16-,17-/m1/s1. The summed E-state index contributed by atoms with van der Waals surface area (Å²) in [6, 6.07) is 13.5. The number of halogens is 1. The van der Waals surface area contributed by atoms with Crippen LogP contribution in [0, 0.1) is 6.92 Å². The summed E-state index contributed by atoms with van der Waals surface area (Å²) in [5.41, 5.74) is 2.37. The van der Waals surface area contributed by atoms with Crippen LogP contribution in [0.1, 0.15) is 5.56 Å². The van der Waals surface area contributed by atoms with Gasteiger partial charge in [-0.1, -0.05) is 29.8 Å². The summed E-state index contributed by atoms with van der Waals surface area (Å²) in [7, 11) is -3.20. The van der Waals surface area contributed by atoms with Crippen LogP contribution in [-0.2, 0) is 9.84 Å². The molecule has 5 nitrogen and oxygen atoms in total. The van der Waals surface area contributed by atoms with Crippen molar-refractivity contribution in [2.75, 3.05) is 21.3 Å². The lowest BCUT2D eigenvalue weighted by atomic mass is 10.1. The summed E-state index contributed by atoms with van der Waals surface area (Å²) in [6.45, 7) is 1.95. The van der Waals surface area contributed by atoms with Crippen molar-refractivity contribution in [2.24, 2.45) is 0 Å². The lowest BCUT2D eigenvalue weighted by Gasteiger charge is -2.23. The van der Waals surface area contributed by atoms with Gasteiger partial charge in [0.25, 0.3) is 0 Å². The number of sulfone groups is 1. The molecule has 2 aromatic carbocycles. The maximum Gasteiger partial charge on any atom is 0.329 e. The van der Waals surface area contributed by atoms with Gasteiger partial charge in [0.2, 0.25) is 0 Å². The van der Waals surface area contributed by atoms with Crippen LogP contribution in [0.2, 0.25) is 5.02 Å². The molecule has 0 N–H and O–H groups in total. The van der Waals surface area contributed by atoms with Crippen molar-refractivity contribution in [3.05, 3.63) is 59.1 Å². The van der Waals surface area contributed by atoms with E-state index in [9.17, 15) is 13.2 Å². The second-order valence-corrected chi connectivity index (χ2v) is 9.14. The molecule has 0 radical (unpaired) electrons. The van der Waals surface area contributed by atoms with Crippen LogP contribution in [-0.4, -0.2) is 38.0 Å². The lowest BCUT2D eigenvalue weighted by Crippen LogP contribution is -2.37. The Morgan fingerprint density at radius 3 is 2.08 bits per heavy atom. The molecule has 25 heavy (non-hydrogen) atoms. The number of anilines is 2. The summed E-state index contributed by atoms with van der Waals surface area (Å²) in [5, 5.41) is 0.511.